The summed E-state index contributed by atoms with van der Waals surface area (Å²) in [5, 5.41) is 0. The Balaban J connectivity index is -0.000000117. The molecule has 2 atom stereocenters. The topological polar surface area (TPSA) is 69.6 Å². The predicted octanol–water partition coefficient (Wildman–Crippen LogP) is 25.1. The number of benzene rings is 2. The number of hydrogen-bond acceptors (Lipinski definition) is 4. The minimum Gasteiger partial charge on any atom is -0.342 e. The van der Waals surface area contributed by atoms with E-state index in [1.54, 1.807) is 4.90 Å². The van der Waals surface area contributed by atoms with Crippen molar-refractivity contribution in [2.45, 2.75) is 318 Å². The van der Waals surface area contributed by atoms with Gasteiger partial charge in [0.05, 0.1) is 11.4 Å². The average molecular weight is 1220 g/mol. The van der Waals surface area contributed by atoms with Gasteiger partial charge in [-0.15, -0.1) is 0 Å². The monoisotopic (exact) mass is 1220 g/mol. The molecule has 4 aromatic rings. The van der Waals surface area contributed by atoms with Gasteiger partial charge in [0, 0.05) is 68.9 Å². The van der Waals surface area contributed by atoms with Crippen LogP contribution in [0.4, 0.5) is 4.79 Å². The van der Waals surface area contributed by atoms with Crippen LogP contribution in [-0.2, 0) is 41.3 Å². The highest BCUT2D eigenvalue weighted by Gasteiger charge is 2.46. The number of aryl methyl sites for hydroxylation is 4. The van der Waals surface area contributed by atoms with E-state index >= 15 is 0 Å². The van der Waals surface area contributed by atoms with Crippen LogP contribution in [0.15, 0.2) is 85.2 Å². The fraction of sp³-hybridized carbons (Fsp3) is 0.700. The molecule has 0 radical (unpaired) electrons. The average Bonchev–Trinajstić information content (AvgIpc) is 1.93. The van der Waals surface area contributed by atoms with E-state index in [1.165, 1.54) is 44.8 Å². The Morgan fingerprint density at radius 3 is 0.897 bits per heavy atom. The first-order chi connectivity index (χ1) is 42.3. The molecule has 7 heteroatoms. The zero-order valence-electron chi connectivity index (χ0n) is 66.3. The number of rotatable bonds is 2. The summed E-state index contributed by atoms with van der Waals surface area (Å²) in [6, 6.07) is 26.6. The molecule has 3 amide bonds. The quantitative estimate of drug-likeness (QED) is 0.201. The molecule has 0 spiro atoms. The van der Waals surface area contributed by atoms with Crippen molar-refractivity contribution in [1.29, 1.82) is 0 Å². The summed E-state index contributed by atoms with van der Waals surface area (Å²) >= 11 is 0. The Hall–Kier alpha value is -4.52. The summed E-state index contributed by atoms with van der Waals surface area (Å²) < 4.78 is 0. The summed E-state index contributed by atoms with van der Waals surface area (Å²) in [7, 11) is 3.66. The highest BCUT2D eigenvalue weighted by Crippen LogP contribution is 2.49. The van der Waals surface area contributed by atoms with Gasteiger partial charge in [0.25, 0.3) is 0 Å². The van der Waals surface area contributed by atoms with Crippen molar-refractivity contribution < 1.29 is 9.59 Å². The number of pyridine rings is 2. The molecule has 8 rings (SSSR count). The Morgan fingerprint density at radius 1 is 0.391 bits per heavy atom. The normalized spacial score (nSPS) is 15.5. The molecule has 2 aliphatic heterocycles. The molecule has 2 aliphatic carbocycles. The van der Waals surface area contributed by atoms with Gasteiger partial charge < -0.3 is 14.7 Å². The van der Waals surface area contributed by atoms with Crippen LogP contribution in [0, 0.1) is 17.3 Å². The standard InChI is InChI=1S/C25H32N2O.C23H29N3O.16C2H6/c1-24(2,3)23(28)27-16-13-20(14-17-27)25(4)21-10-6-5-8-18(21)11-12-19-9-7-15-26-22(19)25;1-23(19-12-15-26(16-13-19)22(27)25(2)3)20-9-5-4-7-17(20)10-11-18-8-6-14-24-21(18)23;16*1-2/h5-10,15,20H,11-14,16-17H2,1-4H3;4-9,14,19H,10-13,15-16H2,1-3H3;16*1-2H3. The lowest BCUT2D eigenvalue weighted by Gasteiger charge is -2.44. The second-order valence-corrected chi connectivity index (χ2v) is 18.0. The van der Waals surface area contributed by atoms with Crippen LogP contribution in [0.25, 0.3) is 0 Å². The number of piperidine rings is 2. The van der Waals surface area contributed by atoms with E-state index in [9.17, 15) is 9.59 Å². The Bertz CT molecular complexity index is 1910. The predicted molar refractivity (Wildman–Crippen MR) is 403 cm³/mol. The molecule has 2 fully saturated rings. The van der Waals surface area contributed by atoms with E-state index in [0.29, 0.717) is 11.8 Å². The lowest BCUT2D eigenvalue weighted by Crippen LogP contribution is -2.48. The van der Waals surface area contributed by atoms with Gasteiger partial charge in [-0.25, -0.2) is 4.79 Å². The first-order valence-electron chi connectivity index (χ1n) is 36.6. The number of hydrogen-bond donors (Lipinski definition) is 0. The molecule has 4 aliphatic rings. The maximum absolute atomic E-state index is 12.7. The second-order valence-electron chi connectivity index (χ2n) is 18.0. The smallest absolute Gasteiger partial charge is 0.319 e. The molecular formula is C80H157N5O2. The molecule has 0 bridgehead atoms. The van der Waals surface area contributed by atoms with Crippen LogP contribution >= 0.6 is 0 Å². The number of urea groups is 1. The SMILES string of the molecule is CC.CC.CC.CC.CC.CC.CC.CC.CC.CC.CC.CC.CC.CC.CC.CC.CC(C)(C)C(=O)N1CCC(C2(C)c3ccccc3CCc3cccnc32)CC1.CN(C)C(=O)N1CCC(C2(C)c3ccccc3CCc3cccnc32)CC1. The van der Waals surface area contributed by atoms with E-state index in [0.717, 1.165) is 77.5 Å². The summed E-state index contributed by atoms with van der Waals surface area (Å²) in [4.78, 5) is 40.7. The minimum atomic E-state index is -0.306. The molecule has 87 heavy (non-hydrogen) atoms. The van der Waals surface area contributed by atoms with E-state index in [4.69, 9.17) is 9.97 Å². The highest BCUT2D eigenvalue weighted by molar-refractivity contribution is 5.81. The van der Waals surface area contributed by atoms with Crippen LogP contribution in [0.2, 0.25) is 0 Å². The van der Waals surface area contributed by atoms with Gasteiger partial charge in [0.2, 0.25) is 5.91 Å². The fourth-order valence-electron chi connectivity index (χ4n) is 10.4. The van der Waals surface area contributed by atoms with E-state index in [2.05, 4.69) is 91.5 Å². The number of nitrogens with zero attached hydrogens (tertiary/aromatic N) is 5. The fourth-order valence-corrected chi connectivity index (χ4v) is 10.4. The van der Waals surface area contributed by atoms with Crippen LogP contribution < -0.4 is 0 Å². The van der Waals surface area contributed by atoms with E-state index in [-0.39, 0.29) is 28.2 Å². The van der Waals surface area contributed by atoms with E-state index < -0.39 is 0 Å². The van der Waals surface area contributed by atoms with Crippen LogP contribution in [-0.4, -0.2) is 76.9 Å². The summed E-state index contributed by atoms with van der Waals surface area (Å²) in [6.45, 7) is 78.2. The molecule has 2 aromatic heterocycles. The number of likely N-dealkylation sites (tertiary alicyclic amines) is 2. The lowest BCUT2D eigenvalue weighted by atomic mass is 9.64. The highest BCUT2D eigenvalue weighted by atomic mass is 16.2. The van der Waals surface area contributed by atoms with E-state index in [1.807, 2.05) is 274 Å². The molecule has 4 heterocycles. The number of aromatic nitrogens is 2. The van der Waals surface area contributed by atoms with Crippen molar-refractivity contribution in [1.82, 2.24) is 24.7 Å². The summed E-state index contributed by atoms with van der Waals surface area (Å²) in [5.41, 5.74) is 10.5. The van der Waals surface area contributed by atoms with Crippen molar-refractivity contribution in [2.75, 3.05) is 40.3 Å². The molecule has 0 N–H and O–H groups in total. The molecule has 2 saturated heterocycles. The van der Waals surface area contributed by atoms with Gasteiger partial charge in [-0.05, 0) is 123 Å². The minimum absolute atomic E-state index is 0.0967. The third-order valence-corrected chi connectivity index (χ3v) is 13.5. The van der Waals surface area contributed by atoms with Crippen LogP contribution in [0.3, 0.4) is 0 Å². The lowest BCUT2D eigenvalue weighted by molar-refractivity contribution is -0.141. The Labute approximate surface area is 549 Å². The van der Waals surface area contributed by atoms with Gasteiger partial charge in [-0.3, -0.25) is 14.8 Å². The van der Waals surface area contributed by atoms with Crippen molar-refractivity contribution >= 4 is 11.9 Å². The maximum atomic E-state index is 12.7. The third-order valence-electron chi connectivity index (χ3n) is 13.5. The number of amides is 3. The zero-order chi connectivity index (χ0) is 71.0. The molecular weight excluding hydrogens is 1060 g/mol. The van der Waals surface area contributed by atoms with Gasteiger partial charge >= 0.3 is 6.03 Å². The molecule has 2 unspecified atom stereocenters. The van der Waals surface area contributed by atoms with Crippen molar-refractivity contribution in [3.8, 4) is 0 Å². The zero-order valence-corrected chi connectivity index (χ0v) is 66.3. The van der Waals surface area contributed by atoms with Crippen molar-refractivity contribution in [2.24, 2.45) is 17.3 Å². The molecule has 0 saturated carbocycles. The Kier molecular flexibility index (Phi) is 84.5. The first kappa shape index (κ1) is 104. The Morgan fingerprint density at radius 2 is 0.632 bits per heavy atom. The van der Waals surface area contributed by atoms with Gasteiger partial charge in [0.15, 0.2) is 0 Å². The third kappa shape index (κ3) is 33.8. The number of carbonyl (C=O) groups is 2. The molecule has 7 nitrogen and oxygen atoms in total. The van der Waals surface area contributed by atoms with Crippen molar-refractivity contribution in [3.05, 3.63) is 130 Å². The van der Waals surface area contributed by atoms with Crippen LogP contribution in [0.1, 0.15) is 327 Å². The van der Waals surface area contributed by atoms with Gasteiger partial charge in [-0.2, -0.15) is 0 Å². The molecule has 514 valence electrons. The number of fused-ring (bicyclic) bond motifs is 4. The van der Waals surface area contributed by atoms with Gasteiger partial charge in [-0.1, -0.05) is 303 Å². The summed E-state index contributed by atoms with van der Waals surface area (Å²) in [5.74, 6) is 1.25. The maximum Gasteiger partial charge on any atom is 0.319 e. The van der Waals surface area contributed by atoms with Crippen molar-refractivity contribution in [3.63, 3.8) is 0 Å². The summed E-state index contributed by atoms with van der Waals surface area (Å²) in [6.07, 6.45) is 12.2. The molecule has 2 aromatic carbocycles. The largest absolute Gasteiger partial charge is 0.342 e. The first-order valence-corrected chi connectivity index (χ1v) is 36.6. The van der Waals surface area contributed by atoms with Gasteiger partial charge in [0.1, 0.15) is 0 Å². The van der Waals surface area contributed by atoms with Crippen LogP contribution in [0.5, 0.6) is 0 Å². The second kappa shape index (κ2) is 70.6. The number of carbonyl (C=O) groups excluding carboxylic acids is 2.